The summed E-state index contributed by atoms with van der Waals surface area (Å²) in [5, 5.41) is 4.00. The summed E-state index contributed by atoms with van der Waals surface area (Å²) in [4.78, 5) is 27.0. The molecule has 4 rings (SSSR count). The molecule has 2 saturated heterocycles. The molecule has 2 aromatic heterocycles. The van der Waals surface area contributed by atoms with Gasteiger partial charge in [-0.25, -0.2) is 9.97 Å². The zero-order valence-electron chi connectivity index (χ0n) is 23.4. The molecule has 0 aromatic carbocycles. The van der Waals surface area contributed by atoms with Gasteiger partial charge in [0.15, 0.2) is 5.82 Å². The number of allylic oxidation sites excluding steroid dienone is 3. The lowest BCUT2D eigenvalue weighted by atomic mass is 10.1. The molecule has 0 radical (unpaired) electrons. The van der Waals surface area contributed by atoms with E-state index in [0.29, 0.717) is 36.3 Å². The van der Waals surface area contributed by atoms with Gasteiger partial charge in [0.2, 0.25) is 5.95 Å². The van der Waals surface area contributed by atoms with E-state index in [-0.39, 0.29) is 25.7 Å². The Hall–Kier alpha value is -3.15. The molecular formula is C28H47N7O4. The van der Waals surface area contributed by atoms with Crippen molar-refractivity contribution >= 4 is 12.4 Å². The first-order valence-corrected chi connectivity index (χ1v) is 13.0. The van der Waals surface area contributed by atoms with Crippen molar-refractivity contribution in [2.45, 2.75) is 79.2 Å². The van der Waals surface area contributed by atoms with Gasteiger partial charge in [0, 0.05) is 44.6 Å². The number of rotatable bonds is 8. The number of hydrogen-bond donors (Lipinski definition) is 1. The molecule has 2 aliphatic heterocycles. The van der Waals surface area contributed by atoms with E-state index >= 15 is 0 Å². The summed E-state index contributed by atoms with van der Waals surface area (Å²) < 4.78 is 15.6. The van der Waals surface area contributed by atoms with Crippen molar-refractivity contribution < 1.29 is 18.8 Å². The lowest BCUT2D eigenvalue weighted by Crippen LogP contribution is -2.34. The standard InChI is InChI=1S/C17H25N7O2.C6H10.C4H8O2.CH4/c1-23-5-3-14(4-6-23)25-11-15-21-16(26-22-15)12-8-19-17(20-9-12)24-7-2-13(18)10-24;1-4-5-6(2)3;1-4(2)6-3-5;/h8-9,13-14H,2-7,10-11,18H2,1H3;4-5H,1H2,2-3H3;3-4H,1-2H3;1H4. The van der Waals surface area contributed by atoms with Gasteiger partial charge in [-0.2, -0.15) is 4.98 Å². The second-order valence-corrected chi connectivity index (χ2v) is 9.86. The van der Waals surface area contributed by atoms with Crippen molar-refractivity contribution in [3.8, 4) is 11.5 Å². The van der Waals surface area contributed by atoms with Crippen LogP contribution in [0.5, 0.6) is 0 Å². The third-order valence-electron chi connectivity index (χ3n) is 5.75. The lowest BCUT2D eigenvalue weighted by Gasteiger charge is -2.28. The molecule has 0 saturated carbocycles. The number of likely N-dealkylation sites (tertiary alicyclic amines) is 1. The minimum atomic E-state index is 0. The fourth-order valence-electron chi connectivity index (χ4n) is 3.68. The molecule has 2 fully saturated rings. The fourth-order valence-corrected chi connectivity index (χ4v) is 3.68. The zero-order chi connectivity index (χ0) is 27.9. The Balaban J connectivity index is 0.000000494. The summed E-state index contributed by atoms with van der Waals surface area (Å²) in [6, 6.07) is 0.196. The van der Waals surface area contributed by atoms with Gasteiger partial charge < -0.3 is 29.5 Å². The second kappa shape index (κ2) is 18.2. The number of carbonyl (C=O) groups is 1. The first kappa shape index (κ1) is 33.9. The highest BCUT2D eigenvalue weighted by Crippen LogP contribution is 2.20. The Morgan fingerprint density at radius 3 is 2.33 bits per heavy atom. The number of nitrogens with zero attached hydrogens (tertiary/aromatic N) is 6. The molecule has 0 amide bonds. The van der Waals surface area contributed by atoms with Gasteiger partial charge in [-0.1, -0.05) is 36.9 Å². The molecule has 2 N–H and O–H groups in total. The molecule has 218 valence electrons. The van der Waals surface area contributed by atoms with Crippen molar-refractivity contribution in [1.29, 1.82) is 0 Å². The van der Waals surface area contributed by atoms with Crippen LogP contribution in [-0.2, 0) is 20.9 Å². The van der Waals surface area contributed by atoms with E-state index in [1.807, 2.05) is 19.9 Å². The van der Waals surface area contributed by atoms with E-state index in [0.717, 1.165) is 45.4 Å². The normalized spacial score (nSPS) is 17.2. The maximum Gasteiger partial charge on any atom is 0.293 e. The number of aromatic nitrogens is 4. The van der Waals surface area contributed by atoms with Crippen LogP contribution in [0, 0.1) is 0 Å². The second-order valence-electron chi connectivity index (χ2n) is 9.86. The Kier molecular flexibility index (Phi) is 15.8. The Labute approximate surface area is 233 Å². The minimum Gasteiger partial charge on any atom is -0.465 e. The fraction of sp³-hybridized carbons (Fsp3) is 0.607. The molecule has 1 atom stereocenters. The smallest absolute Gasteiger partial charge is 0.293 e. The van der Waals surface area contributed by atoms with Gasteiger partial charge in [-0.05, 0) is 54.0 Å². The Morgan fingerprint density at radius 2 is 1.87 bits per heavy atom. The maximum absolute atomic E-state index is 9.39. The van der Waals surface area contributed by atoms with E-state index in [2.05, 4.69) is 48.3 Å². The highest BCUT2D eigenvalue weighted by Gasteiger charge is 2.22. The van der Waals surface area contributed by atoms with Crippen LogP contribution in [-0.4, -0.2) is 83.0 Å². The average molecular weight is 546 g/mol. The van der Waals surface area contributed by atoms with E-state index < -0.39 is 0 Å². The molecule has 0 bridgehead atoms. The van der Waals surface area contributed by atoms with Crippen LogP contribution < -0.4 is 10.6 Å². The van der Waals surface area contributed by atoms with Crippen molar-refractivity contribution in [1.82, 2.24) is 25.0 Å². The van der Waals surface area contributed by atoms with Crippen LogP contribution in [0.25, 0.3) is 11.5 Å². The van der Waals surface area contributed by atoms with Crippen molar-refractivity contribution in [2.75, 3.05) is 38.1 Å². The van der Waals surface area contributed by atoms with Crippen molar-refractivity contribution in [3.05, 3.63) is 42.5 Å². The Morgan fingerprint density at radius 1 is 1.21 bits per heavy atom. The van der Waals surface area contributed by atoms with Gasteiger partial charge in [-0.15, -0.1) is 0 Å². The highest BCUT2D eigenvalue weighted by molar-refractivity contribution is 5.51. The van der Waals surface area contributed by atoms with E-state index in [1.54, 1.807) is 32.3 Å². The number of nitrogens with two attached hydrogens (primary N) is 1. The van der Waals surface area contributed by atoms with Gasteiger partial charge in [0.1, 0.15) is 6.61 Å². The van der Waals surface area contributed by atoms with Crippen LogP contribution in [0.15, 0.2) is 41.2 Å². The summed E-state index contributed by atoms with van der Waals surface area (Å²) in [5.41, 5.74) is 7.93. The predicted octanol–water partition coefficient (Wildman–Crippen LogP) is 4.02. The average Bonchev–Trinajstić information content (AvgIpc) is 3.54. The summed E-state index contributed by atoms with van der Waals surface area (Å²) in [7, 11) is 2.13. The lowest BCUT2D eigenvalue weighted by molar-refractivity contribution is -0.131. The topological polar surface area (TPSA) is 133 Å². The highest BCUT2D eigenvalue weighted by atomic mass is 16.5. The van der Waals surface area contributed by atoms with Gasteiger partial charge in [0.25, 0.3) is 12.4 Å². The summed E-state index contributed by atoms with van der Waals surface area (Å²) in [5.74, 6) is 1.65. The van der Waals surface area contributed by atoms with Crippen LogP contribution >= 0.6 is 0 Å². The summed E-state index contributed by atoms with van der Waals surface area (Å²) >= 11 is 0. The molecule has 2 aromatic rings. The molecule has 39 heavy (non-hydrogen) atoms. The molecule has 11 heteroatoms. The third-order valence-corrected chi connectivity index (χ3v) is 5.75. The van der Waals surface area contributed by atoms with Crippen LogP contribution in [0.2, 0.25) is 0 Å². The number of carbonyl (C=O) groups excluding carboxylic acids is 1. The molecule has 11 nitrogen and oxygen atoms in total. The molecule has 0 spiro atoms. The monoisotopic (exact) mass is 545 g/mol. The van der Waals surface area contributed by atoms with E-state index in [1.165, 1.54) is 5.57 Å². The molecule has 4 heterocycles. The van der Waals surface area contributed by atoms with Crippen LogP contribution in [0.4, 0.5) is 5.95 Å². The van der Waals surface area contributed by atoms with Gasteiger partial charge >= 0.3 is 0 Å². The van der Waals surface area contributed by atoms with Crippen molar-refractivity contribution in [3.63, 3.8) is 0 Å². The number of anilines is 1. The number of ether oxygens (including phenoxy) is 2. The van der Waals surface area contributed by atoms with Gasteiger partial charge in [0.05, 0.1) is 17.8 Å². The van der Waals surface area contributed by atoms with E-state index in [9.17, 15) is 4.79 Å². The maximum atomic E-state index is 9.39. The van der Waals surface area contributed by atoms with E-state index in [4.69, 9.17) is 15.0 Å². The van der Waals surface area contributed by atoms with Crippen LogP contribution in [0.3, 0.4) is 0 Å². The van der Waals surface area contributed by atoms with Crippen LogP contribution in [0.1, 0.15) is 60.2 Å². The predicted molar refractivity (Wildman–Crippen MR) is 154 cm³/mol. The Bertz CT molecular complexity index is 982. The summed E-state index contributed by atoms with van der Waals surface area (Å²) in [6.45, 7) is 15.8. The van der Waals surface area contributed by atoms with Crippen molar-refractivity contribution in [2.24, 2.45) is 5.73 Å². The zero-order valence-corrected chi connectivity index (χ0v) is 23.4. The number of hydrogen-bond acceptors (Lipinski definition) is 11. The minimum absolute atomic E-state index is 0. The molecule has 0 aliphatic carbocycles. The molecule has 1 unspecified atom stereocenters. The number of piperidine rings is 1. The third kappa shape index (κ3) is 13.0. The SMILES string of the molecule is C.C=CC=C(C)C.CC(C)OC=O.CN1CCC(OCc2noc(-c3cnc(N4CCC(N)C4)nc3)n2)CC1. The molecular weight excluding hydrogens is 498 g/mol. The molecule has 2 aliphatic rings. The first-order valence-electron chi connectivity index (χ1n) is 13.0. The summed E-state index contributed by atoms with van der Waals surface area (Å²) in [6.07, 6.45) is 10.5. The quantitative estimate of drug-likeness (QED) is 0.381. The largest absolute Gasteiger partial charge is 0.465 e. The first-order chi connectivity index (χ1) is 18.2. The van der Waals surface area contributed by atoms with Gasteiger partial charge in [-0.3, -0.25) is 4.79 Å².